The van der Waals surface area contributed by atoms with Crippen molar-refractivity contribution in [3.8, 4) is 11.5 Å². The number of aromatic hydroxyl groups is 1. The highest BCUT2D eigenvalue weighted by atomic mass is 16.5. The van der Waals surface area contributed by atoms with Crippen LogP contribution in [-0.2, 0) is 25.7 Å². The third kappa shape index (κ3) is 7.40. The zero-order chi connectivity index (χ0) is 29.4. The molecule has 3 aromatic carbocycles. The normalized spacial score (nSPS) is 15.3. The molecule has 0 spiro atoms. The van der Waals surface area contributed by atoms with Crippen LogP contribution in [0.5, 0.6) is 11.5 Å². The lowest BCUT2D eigenvalue weighted by Gasteiger charge is -2.23. The van der Waals surface area contributed by atoms with Crippen LogP contribution in [-0.4, -0.2) is 47.6 Å². The number of carboxylic acids is 1. The Kier molecular flexibility index (Phi) is 9.54. The van der Waals surface area contributed by atoms with Crippen LogP contribution in [0.2, 0.25) is 0 Å². The molecule has 3 amide bonds. The molecule has 2 atom stereocenters. The van der Waals surface area contributed by atoms with E-state index >= 15 is 0 Å². The largest absolute Gasteiger partial charge is 0.506 e. The second kappa shape index (κ2) is 13.4. The first-order chi connectivity index (χ1) is 19.8. The lowest BCUT2D eigenvalue weighted by Crippen LogP contribution is -2.37. The highest BCUT2D eigenvalue weighted by molar-refractivity contribution is 6.02. The van der Waals surface area contributed by atoms with Gasteiger partial charge in [-0.3, -0.25) is 19.2 Å². The van der Waals surface area contributed by atoms with E-state index in [1.165, 1.54) is 28.1 Å². The van der Waals surface area contributed by atoms with Gasteiger partial charge in [-0.2, -0.15) is 0 Å². The SMILES string of the molecule is CCOc1ccc(C(CC(=O)O)NC(=O)C2CC(=O)N(c3cc(N(C=O)NCc4ccccc4)ccc3O)C2)cc1. The van der Waals surface area contributed by atoms with Crippen molar-refractivity contribution in [3.05, 3.63) is 83.9 Å². The van der Waals surface area contributed by atoms with E-state index in [2.05, 4.69) is 10.7 Å². The fourth-order valence-corrected chi connectivity index (χ4v) is 4.64. The molecule has 11 heteroatoms. The number of hydrazine groups is 1. The number of carbonyl (C=O) groups is 4. The van der Waals surface area contributed by atoms with Gasteiger partial charge in [-0.15, -0.1) is 0 Å². The van der Waals surface area contributed by atoms with E-state index in [0.717, 1.165) is 5.56 Å². The topological polar surface area (TPSA) is 149 Å². The number of benzene rings is 3. The van der Waals surface area contributed by atoms with Crippen LogP contribution in [0.1, 0.15) is 36.9 Å². The maximum absolute atomic E-state index is 13.2. The van der Waals surface area contributed by atoms with Gasteiger partial charge in [-0.05, 0) is 48.4 Å². The predicted molar refractivity (Wildman–Crippen MR) is 151 cm³/mol. The summed E-state index contributed by atoms with van der Waals surface area (Å²) in [7, 11) is 0. The molecule has 3 aromatic rings. The first-order valence-corrected chi connectivity index (χ1v) is 13.2. The Morgan fingerprint density at radius 3 is 2.51 bits per heavy atom. The average Bonchev–Trinajstić information content (AvgIpc) is 3.36. The quantitative estimate of drug-likeness (QED) is 0.184. The van der Waals surface area contributed by atoms with Gasteiger partial charge in [0.25, 0.3) is 0 Å². The lowest BCUT2D eigenvalue weighted by atomic mass is 10.0. The molecular weight excluding hydrogens is 528 g/mol. The maximum Gasteiger partial charge on any atom is 0.305 e. The van der Waals surface area contributed by atoms with Gasteiger partial charge in [-0.25, -0.2) is 10.4 Å². The molecule has 1 aliphatic heterocycles. The molecular formula is C30H32N4O7. The number of anilines is 2. The van der Waals surface area contributed by atoms with E-state index in [9.17, 15) is 29.4 Å². The van der Waals surface area contributed by atoms with Crippen molar-refractivity contribution in [3.63, 3.8) is 0 Å². The Hall–Kier alpha value is -4.90. The van der Waals surface area contributed by atoms with Crippen molar-refractivity contribution in [2.75, 3.05) is 23.1 Å². The van der Waals surface area contributed by atoms with Crippen LogP contribution in [0.25, 0.3) is 0 Å². The van der Waals surface area contributed by atoms with Crippen molar-refractivity contribution < 1.29 is 34.1 Å². The number of rotatable bonds is 13. The number of hydrogen-bond acceptors (Lipinski definition) is 7. The Balaban J connectivity index is 1.46. The van der Waals surface area contributed by atoms with Crippen LogP contribution in [0.3, 0.4) is 0 Å². The van der Waals surface area contributed by atoms with Crippen molar-refractivity contribution in [1.82, 2.24) is 10.7 Å². The summed E-state index contributed by atoms with van der Waals surface area (Å²) in [5, 5.41) is 24.0. The minimum atomic E-state index is -1.09. The van der Waals surface area contributed by atoms with Gasteiger partial charge in [0.05, 0.1) is 36.4 Å². The Labute approximate surface area is 237 Å². The molecule has 4 N–H and O–H groups in total. The molecule has 4 rings (SSSR count). The molecule has 2 unspecified atom stereocenters. The van der Waals surface area contributed by atoms with Crippen molar-refractivity contribution in [1.29, 1.82) is 0 Å². The molecule has 0 bridgehead atoms. The molecule has 214 valence electrons. The van der Waals surface area contributed by atoms with E-state index in [1.54, 1.807) is 24.3 Å². The van der Waals surface area contributed by atoms with E-state index in [1.807, 2.05) is 37.3 Å². The van der Waals surface area contributed by atoms with Crippen LogP contribution in [0.4, 0.5) is 11.4 Å². The number of amides is 3. The van der Waals surface area contributed by atoms with Crippen LogP contribution in [0.15, 0.2) is 72.8 Å². The number of carboxylic acid groups (broad SMARTS) is 1. The van der Waals surface area contributed by atoms with E-state index in [4.69, 9.17) is 4.74 Å². The summed E-state index contributed by atoms with van der Waals surface area (Å²) in [6.45, 7) is 2.68. The highest BCUT2D eigenvalue weighted by Gasteiger charge is 2.37. The number of nitrogens with zero attached hydrogens (tertiary/aromatic N) is 2. The molecule has 1 saturated heterocycles. The van der Waals surface area contributed by atoms with E-state index < -0.39 is 23.8 Å². The smallest absolute Gasteiger partial charge is 0.305 e. The average molecular weight is 561 g/mol. The van der Waals surface area contributed by atoms with Gasteiger partial charge in [0, 0.05) is 19.5 Å². The van der Waals surface area contributed by atoms with Crippen LogP contribution >= 0.6 is 0 Å². The number of carbonyl (C=O) groups excluding carboxylic acids is 3. The minimum absolute atomic E-state index is 0.0245. The predicted octanol–water partition coefficient (Wildman–Crippen LogP) is 3.14. The van der Waals surface area contributed by atoms with E-state index in [0.29, 0.717) is 36.6 Å². The third-order valence-electron chi connectivity index (χ3n) is 6.71. The molecule has 11 nitrogen and oxygen atoms in total. The van der Waals surface area contributed by atoms with Gasteiger partial charge >= 0.3 is 5.97 Å². The maximum atomic E-state index is 13.2. The van der Waals surface area contributed by atoms with Gasteiger partial charge in [-0.1, -0.05) is 42.5 Å². The van der Waals surface area contributed by atoms with Crippen LogP contribution in [0, 0.1) is 5.92 Å². The number of ether oxygens (including phenoxy) is 1. The summed E-state index contributed by atoms with van der Waals surface area (Å²) in [6, 6.07) is 19.8. The monoisotopic (exact) mass is 560 g/mol. The summed E-state index contributed by atoms with van der Waals surface area (Å²) in [4.78, 5) is 50.8. The summed E-state index contributed by atoms with van der Waals surface area (Å²) in [5.41, 5.74) is 5.09. The molecule has 1 fully saturated rings. The van der Waals surface area contributed by atoms with Crippen LogP contribution < -0.4 is 25.4 Å². The third-order valence-corrected chi connectivity index (χ3v) is 6.71. The number of hydrogen-bond donors (Lipinski definition) is 4. The molecule has 41 heavy (non-hydrogen) atoms. The molecule has 0 radical (unpaired) electrons. The van der Waals surface area contributed by atoms with Crippen molar-refractivity contribution in [2.24, 2.45) is 5.92 Å². The molecule has 1 heterocycles. The summed E-state index contributed by atoms with van der Waals surface area (Å²) >= 11 is 0. The van der Waals surface area contributed by atoms with Gasteiger partial charge < -0.3 is 25.2 Å². The first kappa shape index (κ1) is 29.1. The second-order valence-electron chi connectivity index (χ2n) is 9.54. The zero-order valence-electron chi connectivity index (χ0n) is 22.5. The molecule has 1 aliphatic rings. The molecule has 0 aliphatic carbocycles. The van der Waals surface area contributed by atoms with Gasteiger partial charge in [0.15, 0.2) is 0 Å². The highest BCUT2D eigenvalue weighted by Crippen LogP contribution is 2.35. The molecule has 0 saturated carbocycles. The Morgan fingerprint density at radius 1 is 1.12 bits per heavy atom. The number of nitrogens with one attached hydrogen (secondary N) is 2. The minimum Gasteiger partial charge on any atom is -0.506 e. The zero-order valence-corrected chi connectivity index (χ0v) is 22.5. The fourth-order valence-electron chi connectivity index (χ4n) is 4.64. The van der Waals surface area contributed by atoms with Crippen molar-refractivity contribution in [2.45, 2.75) is 32.4 Å². The standard InChI is InChI=1S/C30H32N4O7/c1-2-41-24-11-8-21(9-12-24)25(16-29(38)39)32-30(40)22-14-28(37)33(18-22)26-15-23(10-13-27(26)36)34(19-35)31-17-20-6-4-3-5-7-20/h3-13,15,19,22,25,31,36H,2,14,16-18H2,1H3,(H,32,40)(H,38,39). The number of phenolic OH excluding ortho intramolecular Hbond substituents is 1. The molecule has 0 aromatic heterocycles. The first-order valence-electron chi connectivity index (χ1n) is 13.2. The van der Waals surface area contributed by atoms with Crippen molar-refractivity contribution >= 4 is 35.6 Å². The van der Waals surface area contributed by atoms with Gasteiger partial charge in [0.1, 0.15) is 11.5 Å². The number of phenols is 1. The fraction of sp³-hybridized carbons (Fsp3) is 0.267. The second-order valence-corrected chi connectivity index (χ2v) is 9.54. The summed E-state index contributed by atoms with van der Waals surface area (Å²) < 4.78 is 5.43. The summed E-state index contributed by atoms with van der Waals surface area (Å²) in [6.07, 6.45) is 0.122. The van der Waals surface area contributed by atoms with E-state index in [-0.39, 0.29) is 36.7 Å². The van der Waals surface area contributed by atoms with Gasteiger partial charge in [0.2, 0.25) is 18.2 Å². The Bertz CT molecular complexity index is 1380. The lowest BCUT2D eigenvalue weighted by molar-refractivity contribution is -0.138. The summed E-state index contributed by atoms with van der Waals surface area (Å²) in [5.74, 6) is -2.29. The number of aliphatic carboxylic acids is 1. The Morgan fingerprint density at radius 2 is 1.85 bits per heavy atom.